The van der Waals surface area contributed by atoms with Crippen LogP contribution in [0.4, 0.5) is 0 Å². The Hall–Kier alpha value is -0.120. The smallest absolute Gasteiger partial charge is 0.0775 e. The summed E-state index contributed by atoms with van der Waals surface area (Å²) in [6.45, 7) is 17.6. The SMILES string of the molecule is CCCOC(C)(C)CCOC(C)(CC)CNC(C)C. The number of rotatable bonds is 11. The molecule has 1 atom stereocenters. The van der Waals surface area contributed by atoms with Crippen molar-refractivity contribution in [3.05, 3.63) is 0 Å². The Balaban J connectivity index is 4.06. The van der Waals surface area contributed by atoms with E-state index in [1.54, 1.807) is 0 Å². The van der Waals surface area contributed by atoms with Crippen molar-refractivity contribution in [2.24, 2.45) is 0 Å². The fourth-order valence-electron chi connectivity index (χ4n) is 1.69. The summed E-state index contributed by atoms with van der Waals surface area (Å²) in [5.41, 5.74) is -0.165. The van der Waals surface area contributed by atoms with Crippen molar-refractivity contribution in [2.75, 3.05) is 19.8 Å². The lowest BCUT2D eigenvalue weighted by atomic mass is 10.0. The van der Waals surface area contributed by atoms with E-state index in [0.29, 0.717) is 6.04 Å². The van der Waals surface area contributed by atoms with Crippen molar-refractivity contribution in [3.63, 3.8) is 0 Å². The summed E-state index contributed by atoms with van der Waals surface area (Å²) in [6.07, 6.45) is 3.02. The monoisotopic (exact) mass is 273 g/mol. The summed E-state index contributed by atoms with van der Waals surface area (Å²) in [7, 11) is 0. The van der Waals surface area contributed by atoms with Crippen LogP contribution in [0.3, 0.4) is 0 Å². The van der Waals surface area contributed by atoms with Gasteiger partial charge in [-0.3, -0.25) is 0 Å². The average molecular weight is 273 g/mol. The first-order chi connectivity index (χ1) is 8.74. The second-order valence-electron chi connectivity index (χ2n) is 6.55. The molecule has 19 heavy (non-hydrogen) atoms. The molecule has 0 saturated carbocycles. The Bertz CT molecular complexity index is 229. The normalized spacial score (nSPS) is 15.8. The highest BCUT2D eigenvalue weighted by Gasteiger charge is 2.25. The predicted octanol–water partition coefficient (Wildman–Crippen LogP) is 3.77. The van der Waals surface area contributed by atoms with E-state index in [1.807, 2.05) is 0 Å². The van der Waals surface area contributed by atoms with E-state index in [0.717, 1.165) is 39.0 Å². The van der Waals surface area contributed by atoms with Crippen LogP contribution in [0.25, 0.3) is 0 Å². The molecule has 0 saturated heterocycles. The standard InChI is InChI=1S/C16H35NO2/c1-8-11-18-15(5,6)10-12-19-16(7,9-2)13-17-14(3)4/h14,17H,8-13H2,1-7H3. The lowest BCUT2D eigenvalue weighted by Gasteiger charge is -2.32. The summed E-state index contributed by atoms with van der Waals surface area (Å²) < 4.78 is 11.9. The first-order valence-electron chi connectivity index (χ1n) is 7.76. The minimum atomic E-state index is -0.0872. The molecule has 0 rings (SSSR count). The zero-order valence-electron chi connectivity index (χ0n) is 14.1. The maximum atomic E-state index is 6.10. The van der Waals surface area contributed by atoms with Crippen molar-refractivity contribution >= 4 is 0 Å². The van der Waals surface area contributed by atoms with Gasteiger partial charge in [0.2, 0.25) is 0 Å². The largest absolute Gasteiger partial charge is 0.375 e. The van der Waals surface area contributed by atoms with Crippen LogP contribution in [0.5, 0.6) is 0 Å². The maximum absolute atomic E-state index is 6.10. The van der Waals surface area contributed by atoms with E-state index in [-0.39, 0.29) is 11.2 Å². The lowest BCUT2D eigenvalue weighted by Crippen LogP contribution is -2.43. The van der Waals surface area contributed by atoms with Gasteiger partial charge in [-0.05, 0) is 40.0 Å². The van der Waals surface area contributed by atoms with Gasteiger partial charge in [0.05, 0.1) is 17.8 Å². The Morgan fingerprint density at radius 2 is 1.63 bits per heavy atom. The molecule has 0 bridgehead atoms. The quantitative estimate of drug-likeness (QED) is 0.621. The molecule has 0 heterocycles. The van der Waals surface area contributed by atoms with Crippen LogP contribution in [0.15, 0.2) is 0 Å². The molecule has 0 fully saturated rings. The van der Waals surface area contributed by atoms with Crippen LogP contribution in [-0.2, 0) is 9.47 Å². The van der Waals surface area contributed by atoms with E-state index in [4.69, 9.17) is 9.47 Å². The molecule has 0 radical (unpaired) electrons. The fourth-order valence-corrected chi connectivity index (χ4v) is 1.69. The van der Waals surface area contributed by atoms with Crippen LogP contribution < -0.4 is 5.32 Å². The molecule has 0 aliphatic rings. The van der Waals surface area contributed by atoms with Gasteiger partial charge >= 0.3 is 0 Å². The first kappa shape index (κ1) is 18.9. The molecule has 0 aliphatic carbocycles. The molecule has 116 valence electrons. The molecule has 0 aliphatic heterocycles. The van der Waals surface area contributed by atoms with Gasteiger partial charge in [-0.1, -0.05) is 27.7 Å². The number of nitrogens with one attached hydrogen (secondary N) is 1. The van der Waals surface area contributed by atoms with Crippen LogP contribution in [0.1, 0.15) is 67.7 Å². The van der Waals surface area contributed by atoms with E-state index >= 15 is 0 Å². The number of hydrogen-bond donors (Lipinski definition) is 1. The van der Waals surface area contributed by atoms with Gasteiger partial charge in [-0.15, -0.1) is 0 Å². The minimum absolute atomic E-state index is 0.0783. The van der Waals surface area contributed by atoms with Crippen molar-refractivity contribution in [1.82, 2.24) is 5.32 Å². The van der Waals surface area contributed by atoms with E-state index in [9.17, 15) is 0 Å². The summed E-state index contributed by atoms with van der Waals surface area (Å²) in [6, 6.07) is 0.499. The van der Waals surface area contributed by atoms with Crippen molar-refractivity contribution in [3.8, 4) is 0 Å². The average Bonchev–Trinajstić information content (AvgIpc) is 2.34. The van der Waals surface area contributed by atoms with Crippen LogP contribution in [-0.4, -0.2) is 37.0 Å². The third-order valence-corrected chi connectivity index (χ3v) is 3.48. The Kier molecular flexibility index (Phi) is 8.88. The first-order valence-corrected chi connectivity index (χ1v) is 7.76. The Morgan fingerprint density at radius 1 is 1.00 bits per heavy atom. The van der Waals surface area contributed by atoms with Gasteiger partial charge in [0.1, 0.15) is 0 Å². The lowest BCUT2D eigenvalue weighted by molar-refractivity contribution is -0.0788. The predicted molar refractivity (Wildman–Crippen MR) is 82.7 cm³/mol. The van der Waals surface area contributed by atoms with Crippen LogP contribution >= 0.6 is 0 Å². The zero-order chi connectivity index (χ0) is 14.9. The molecule has 1 unspecified atom stereocenters. The van der Waals surface area contributed by atoms with Gasteiger partial charge < -0.3 is 14.8 Å². The maximum Gasteiger partial charge on any atom is 0.0775 e. The third kappa shape index (κ3) is 9.42. The summed E-state index contributed by atoms with van der Waals surface area (Å²) in [5.74, 6) is 0. The Morgan fingerprint density at radius 3 is 2.11 bits per heavy atom. The second kappa shape index (κ2) is 8.93. The van der Waals surface area contributed by atoms with E-state index in [2.05, 4.69) is 53.8 Å². The number of hydrogen-bond acceptors (Lipinski definition) is 3. The van der Waals surface area contributed by atoms with Gasteiger partial charge in [0.15, 0.2) is 0 Å². The molecule has 0 aromatic heterocycles. The van der Waals surface area contributed by atoms with Crippen LogP contribution in [0.2, 0.25) is 0 Å². The second-order valence-corrected chi connectivity index (χ2v) is 6.55. The van der Waals surface area contributed by atoms with Crippen LogP contribution in [0, 0.1) is 0 Å². The van der Waals surface area contributed by atoms with Crippen molar-refractivity contribution in [1.29, 1.82) is 0 Å². The topological polar surface area (TPSA) is 30.5 Å². The molecular weight excluding hydrogens is 238 g/mol. The van der Waals surface area contributed by atoms with Crippen molar-refractivity contribution < 1.29 is 9.47 Å². The van der Waals surface area contributed by atoms with Gasteiger partial charge in [0, 0.05) is 19.2 Å². The highest BCUT2D eigenvalue weighted by molar-refractivity contribution is 4.78. The molecule has 0 aromatic rings. The summed E-state index contributed by atoms with van der Waals surface area (Å²) >= 11 is 0. The molecule has 0 amide bonds. The van der Waals surface area contributed by atoms with Gasteiger partial charge in [0.25, 0.3) is 0 Å². The molecule has 1 N–H and O–H groups in total. The molecule has 0 spiro atoms. The summed E-state index contributed by atoms with van der Waals surface area (Å²) in [5, 5.41) is 3.46. The zero-order valence-corrected chi connectivity index (χ0v) is 14.1. The fraction of sp³-hybridized carbons (Fsp3) is 1.00. The number of ether oxygens (including phenoxy) is 2. The molecular formula is C16H35NO2. The highest BCUT2D eigenvalue weighted by Crippen LogP contribution is 2.19. The minimum Gasteiger partial charge on any atom is -0.375 e. The van der Waals surface area contributed by atoms with Crippen molar-refractivity contribution in [2.45, 2.75) is 85.0 Å². The molecule has 3 nitrogen and oxygen atoms in total. The third-order valence-electron chi connectivity index (χ3n) is 3.48. The highest BCUT2D eigenvalue weighted by atomic mass is 16.5. The van der Waals surface area contributed by atoms with Gasteiger partial charge in [-0.2, -0.15) is 0 Å². The Labute approximate surface area is 120 Å². The molecule has 0 aromatic carbocycles. The van der Waals surface area contributed by atoms with E-state index < -0.39 is 0 Å². The van der Waals surface area contributed by atoms with E-state index in [1.165, 1.54) is 0 Å². The summed E-state index contributed by atoms with van der Waals surface area (Å²) in [4.78, 5) is 0. The molecule has 3 heteroatoms. The van der Waals surface area contributed by atoms with Gasteiger partial charge in [-0.25, -0.2) is 0 Å².